The van der Waals surface area contributed by atoms with Crippen molar-refractivity contribution in [3.8, 4) is 5.75 Å². The van der Waals surface area contributed by atoms with E-state index in [1.807, 2.05) is 11.4 Å². The smallest absolute Gasteiger partial charge is 0.418 e. The maximum Gasteiger partial charge on any atom is 0.418 e. The molecule has 3 aliphatic rings. The van der Waals surface area contributed by atoms with Crippen LogP contribution in [-0.4, -0.2) is 60.5 Å². The van der Waals surface area contributed by atoms with E-state index in [-0.39, 0.29) is 24.9 Å². The number of hydrogen-bond donors (Lipinski definition) is 2. The molecule has 0 bridgehead atoms. The molecule has 0 radical (unpaired) electrons. The van der Waals surface area contributed by atoms with Gasteiger partial charge in [0.1, 0.15) is 18.9 Å². The van der Waals surface area contributed by atoms with Crippen LogP contribution in [0.2, 0.25) is 0 Å². The van der Waals surface area contributed by atoms with Gasteiger partial charge in [0.15, 0.2) is 0 Å². The van der Waals surface area contributed by atoms with Crippen molar-refractivity contribution in [2.45, 2.75) is 25.0 Å². The van der Waals surface area contributed by atoms with Gasteiger partial charge in [0.05, 0.1) is 18.0 Å². The summed E-state index contributed by atoms with van der Waals surface area (Å²) in [5, 5.41) is 7.07. The topological polar surface area (TPSA) is 117 Å². The van der Waals surface area contributed by atoms with E-state index in [9.17, 15) is 19.2 Å². The summed E-state index contributed by atoms with van der Waals surface area (Å²) in [6, 6.07) is 6.63. The molecule has 5 amide bonds. The second-order valence-electron chi connectivity index (χ2n) is 8.03. The molecule has 5 rings (SSSR count). The average Bonchev–Trinajstić information content (AvgIpc) is 3.41. The van der Waals surface area contributed by atoms with Crippen LogP contribution in [0.25, 0.3) is 0 Å². The van der Waals surface area contributed by atoms with Crippen molar-refractivity contribution >= 4 is 41.0 Å². The van der Waals surface area contributed by atoms with E-state index in [0.29, 0.717) is 37.4 Å². The van der Waals surface area contributed by atoms with Crippen molar-refractivity contribution in [3.05, 3.63) is 45.6 Å². The van der Waals surface area contributed by atoms with E-state index in [0.717, 1.165) is 21.1 Å². The first-order chi connectivity index (χ1) is 15.9. The van der Waals surface area contributed by atoms with Crippen LogP contribution >= 0.6 is 11.3 Å². The Morgan fingerprint density at radius 3 is 2.91 bits per heavy atom. The van der Waals surface area contributed by atoms with Gasteiger partial charge < -0.3 is 25.0 Å². The number of ether oxygens (including phenoxy) is 2. The molecule has 1 aliphatic carbocycles. The number of thiophene rings is 1. The molecular formula is C22H22N4O6S. The third kappa shape index (κ3) is 3.58. The number of anilines is 1. The zero-order valence-electron chi connectivity index (χ0n) is 17.9. The van der Waals surface area contributed by atoms with E-state index >= 15 is 0 Å². The number of imide groups is 1. The van der Waals surface area contributed by atoms with Gasteiger partial charge in [0.2, 0.25) is 11.5 Å². The normalized spacial score (nSPS) is 21.2. The Morgan fingerprint density at radius 2 is 2.09 bits per heavy atom. The Balaban J connectivity index is 1.33. The zero-order chi connectivity index (χ0) is 23.2. The molecule has 1 atom stereocenters. The standard InChI is InChI=1S/C22H22N4O6S/c1-23-20(29)24-14-2-3-15-13(10-14)4-6-22(15)19(28)26(21(30)32-22)12-18(27)25-7-8-31-16-5-9-33-17(16)11-25/h2-3,5,9-10H,4,6-8,11-12H2,1H3,(H2,23,24,29)/t22-/m1/s1. The number of carbonyl (C=O) groups excluding carboxylic acids is 4. The quantitative estimate of drug-likeness (QED) is 0.709. The highest BCUT2D eigenvalue weighted by Gasteiger charge is 2.58. The molecule has 1 spiro atoms. The predicted octanol–water partition coefficient (Wildman–Crippen LogP) is 2.04. The van der Waals surface area contributed by atoms with Crippen molar-refractivity contribution in [3.63, 3.8) is 0 Å². The van der Waals surface area contributed by atoms with Crippen LogP contribution in [0.4, 0.5) is 15.3 Å². The van der Waals surface area contributed by atoms with Gasteiger partial charge in [0, 0.05) is 24.7 Å². The number of carbonyl (C=O) groups is 4. The molecule has 10 nitrogen and oxygen atoms in total. The molecule has 172 valence electrons. The lowest BCUT2D eigenvalue weighted by atomic mass is 9.94. The molecule has 3 heterocycles. The monoisotopic (exact) mass is 470 g/mol. The van der Waals surface area contributed by atoms with Crippen LogP contribution in [0.5, 0.6) is 5.75 Å². The summed E-state index contributed by atoms with van der Waals surface area (Å²) in [5.74, 6) is -0.112. The fraction of sp³-hybridized carbons (Fsp3) is 0.364. The molecule has 2 N–H and O–H groups in total. The predicted molar refractivity (Wildman–Crippen MR) is 118 cm³/mol. The van der Waals surface area contributed by atoms with Crippen molar-refractivity contribution < 1.29 is 28.7 Å². The van der Waals surface area contributed by atoms with E-state index in [4.69, 9.17) is 9.47 Å². The molecule has 1 aromatic heterocycles. The Hall–Kier alpha value is -3.60. The molecule has 33 heavy (non-hydrogen) atoms. The van der Waals surface area contributed by atoms with Gasteiger partial charge in [0.25, 0.3) is 5.91 Å². The molecular weight excluding hydrogens is 448 g/mol. The van der Waals surface area contributed by atoms with Crippen LogP contribution in [-0.2, 0) is 32.9 Å². The number of fused-ring (bicyclic) bond motifs is 3. The Kier molecular flexibility index (Phi) is 5.20. The number of benzene rings is 1. The first kappa shape index (κ1) is 21.3. The molecule has 2 aliphatic heterocycles. The van der Waals surface area contributed by atoms with E-state index in [1.165, 1.54) is 18.4 Å². The molecule has 2 aromatic rings. The van der Waals surface area contributed by atoms with Gasteiger partial charge in [-0.3, -0.25) is 9.59 Å². The molecule has 11 heteroatoms. The second-order valence-corrected chi connectivity index (χ2v) is 9.03. The van der Waals surface area contributed by atoms with Crippen LogP contribution in [0.3, 0.4) is 0 Å². The number of hydrogen-bond acceptors (Lipinski definition) is 7. The first-order valence-corrected chi connectivity index (χ1v) is 11.4. The maximum atomic E-state index is 13.4. The van der Waals surface area contributed by atoms with Crippen LogP contribution < -0.4 is 15.4 Å². The first-order valence-electron chi connectivity index (χ1n) is 10.6. The van der Waals surface area contributed by atoms with Crippen molar-refractivity contribution in [2.24, 2.45) is 0 Å². The molecule has 0 unspecified atom stereocenters. The van der Waals surface area contributed by atoms with Crippen molar-refractivity contribution in [2.75, 3.05) is 32.1 Å². The fourth-order valence-corrected chi connectivity index (χ4v) is 5.29. The third-order valence-corrected chi connectivity index (χ3v) is 7.04. The summed E-state index contributed by atoms with van der Waals surface area (Å²) >= 11 is 1.50. The van der Waals surface area contributed by atoms with E-state index in [1.54, 1.807) is 23.1 Å². The highest BCUT2D eigenvalue weighted by atomic mass is 32.1. The molecule has 1 saturated heterocycles. The van der Waals surface area contributed by atoms with Gasteiger partial charge in [-0.2, -0.15) is 0 Å². The highest BCUT2D eigenvalue weighted by molar-refractivity contribution is 7.10. The van der Waals surface area contributed by atoms with Gasteiger partial charge in [-0.1, -0.05) is 6.07 Å². The lowest BCUT2D eigenvalue weighted by molar-refractivity contribution is -0.142. The Bertz CT molecular complexity index is 1160. The summed E-state index contributed by atoms with van der Waals surface area (Å²) < 4.78 is 11.3. The number of rotatable bonds is 3. The van der Waals surface area contributed by atoms with Gasteiger partial charge in [-0.15, -0.1) is 11.3 Å². The Labute approximate surface area is 193 Å². The Morgan fingerprint density at radius 1 is 1.24 bits per heavy atom. The maximum absolute atomic E-state index is 13.4. The largest absolute Gasteiger partial charge is 0.491 e. The van der Waals surface area contributed by atoms with Crippen molar-refractivity contribution in [1.29, 1.82) is 0 Å². The molecule has 1 fully saturated rings. The summed E-state index contributed by atoms with van der Waals surface area (Å²) in [5.41, 5.74) is 0.546. The number of nitrogens with zero attached hydrogens (tertiary/aromatic N) is 2. The third-order valence-electron chi connectivity index (χ3n) is 6.15. The fourth-order valence-electron chi connectivity index (χ4n) is 4.46. The van der Waals surface area contributed by atoms with Crippen LogP contribution in [0.15, 0.2) is 29.6 Å². The molecule has 0 saturated carbocycles. The summed E-state index contributed by atoms with van der Waals surface area (Å²) in [6.45, 7) is 0.702. The minimum atomic E-state index is -1.43. The van der Waals surface area contributed by atoms with Gasteiger partial charge >= 0.3 is 12.1 Å². The minimum absolute atomic E-state index is 0.289. The molecule has 1 aromatic carbocycles. The summed E-state index contributed by atoms with van der Waals surface area (Å²) in [4.78, 5) is 54.0. The number of nitrogens with one attached hydrogen (secondary N) is 2. The van der Waals surface area contributed by atoms with Gasteiger partial charge in [-0.05, 0) is 35.6 Å². The summed E-state index contributed by atoms with van der Waals surface area (Å²) in [6.07, 6.45) is -0.0297. The minimum Gasteiger partial charge on any atom is -0.491 e. The second kappa shape index (κ2) is 8.07. The number of aryl methyl sites for hydroxylation is 1. The summed E-state index contributed by atoms with van der Waals surface area (Å²) in [7, 11) is 1.52. The highest BCUT2D eigenvalue weighted by Crippen LogP contribution is 2.46. The van der Waals surface area contributed by atoms with Gasteiger partial charge in [-0.25, -0.2) is 14.5 Å². The number of amides is 5. The lowest BCUT2D eigenvalue weighted by Gasteiger charge is -2.23. The zero-order valence-corrected chi connectivity index (χ0v) is 18.7. The number of urea groups is 1. The SMILES string of the molecule is CNC(=O)Nc1ccc2c(c1)CC[C@@]21OC(=O)N(CC(=O)N2CCOc3ccsc3C2)C1=O. The van der Waals surface area contributed by atoms with E-state index < -0.39 is 17.6 Å². The van der Waals surface area contributed by atoms with Crippen LogP contribution in [0.1, 0.15) is 22.4 Å². The van der Waals surface area contributed by atoms with E-state index in [2.05, 4.69) is 10.6 Å². The van der Waals surface area contributed by atoms with Crippen molar-refractivity contribution in [1.82, 2.24) is 15.1 Å². The van der Waals surface area contributed by atoms with Crippen LogP contribution in [0, 0.1) is 0 Å². The average molecular weight is 471 g/mol. The lowest BCUT2D eigenvalue weighted by Crippen LogP contribution is -2.45.